The van der Waals surface area contributed by atoms with E-state index in [1.54, 1.807) is 0 Å². The van der Waals surface area contributed by atoms with E-state index in [2.05, 4.69) is 9.97 Å². The maximum absolute atomic E-state index is 12.6. The zero-order valence-corrected chi connectivity index (χ0v) is 5.41. The molecule has 0 saturated heterocycles. The molecule has 0 spiro atoms. The van der Waals surface area contributed by atoms with Gasteiger partial charge in [-0.25, -0.2) is 14.2 Å². The van der Waals surface area contributed by atoms with Crippen molar-refractivity contribution in [2.24, 2.45) is 0 Å². The van der Waals surface area contributed by atoms with E-state index < -0.39 is 11.8 Å². The second-order valence-electron chi connectivity index (χ2n) is 1.80. The Hall–Kier alpha value is -1.65. The summed E-state index contributed by atoms with van der Waals surface area (Å²) in [6, 6.07) is 0. The number of aromatic nitrogens is 2. The number of halogens is 1. The molecule has 2 N–H and O–H groups in total. The van der Waals surface area contributed by atoms with Crippen molar-refractivity contribution in [1.82, 2.24) is 9.97 Å². The number of carbonyl (C=O) groups is 1. The Morgan fingerprint density at radius 1 is 1.82 bits per heavy atom. The van der Waals surface area contributed by atoms with Crippen molar-refractivity contribution in [1.29, 1.82) is 0 Å². The van der Waals surface area contributed by atoms with Gasteiger partial charge in [-0.1, -0.05) is 0 Å². The van der Waals surface area contributed by atoms with Gasteiger partial charge in [0.15, 0.2) is 5.83 Å². The molecule has 5 heteroatoms. The topological polar surface area (TPSA) is 66.0 Å². The highest BCUT2D eigenvalue weighted by Gasteiger charge is 2.02. The lowest BCUT2D eigenvalue weighted by Gasteiger charge is -1.87. The minimum absolute atomic E-state index is 0.0624. The molecule has 1 heterocycles. The second-order valence-corrected chi connectivity index (χ2v) is 1.80. The Morgan fingerprint density at radius 2 is 2.55 bits per heavy atom. The van der Waals surface area contributed by atoms with Gasteiger partial charge < -0.3 is 10.1 Å². The van der Waals surface area contributed by atoms with Gasteiger partial charge in [-0.2, -0.15) is 0 Å². The van der Waals surface area contributed by atoms with Crippen molar-refractivity contribution in [3.63, 3.8) is 0 Å². The molecule has 0 fully saturated rings. The van der Waals surface area contributed by atoms with Gasteiger partial charge in [-0.05, 0) is 0 Å². The predicted octanol–water partition coefficient (Wildman–Crippen LogP) is 0.805. The molecule has 0 amide bonds. The summed E-state index contributed by atoms with van der Waals surface area (Å²) in [5.74, 6) is -2.16. The number of aromatic amines is 1. The summed E-state index contributed by atoms with van der Waals surface area (Å²) < 4.78 is 12.6. The molecule has 11 heavy (non-hydrogen) atoms. The Labute approximate surface area is 61.4 Å². The molecule has 0 atom stereocenters. The van der Waals surface area contributed by atoms with Crippen molar-refractivity contribution >= 4 is 11.8 Å². The first-order chi connectivity index (χ1) is 5.20. The maximum Gasteiger partial charge on any atom is 0.331 e. The Morgan fingerprint density at radius 3 is 3.00 bits per heavy atom. The van der Waals surface area contributed by atoms with Crippen molar-refractivity contribution in [3.05, 3.63) is 24.3 Å². The van der Waals surface area contributed by atoms with Crippen molar-refractivity contribution in [3.8, 4) is 0 Å². The number of rotatable bonds is 2. The summed E-state index contributed by atoms with van der Waals surface area (Å²) in [4.78, 5) is 15.9. The fraction of sp³-hybridized carbons (Fsp3) is 0. The number of carboxylic acid groups (broad SMARTS) is 1. The summed E-state index contributed by atoms with van der Waals surface area (Å²) >= 11 is 0. The monoisotopic (exact) mass is 156 g/mol. The van der Waals surface area contributed by atoms with E-state index in [9.17, 15) is 9.18 Å². The highest BCUT2D eigenvalue weighted by atomic mass is 19.1. The smallest absolute Gasteiger partial charge is 0.331 e. The van der Waals surface area contributed by atoms with Crippen LogP contribution in [0.2, 0.25) is 0 Å². The molecule has 0 saturated carbocycles. The van der Waals surface area contributed by atoms with Crippen LogP contribution in [0.3, 0.4) is 0 Å². The van der Waals surface area contributed by atoms with Crippen LogP contribution in [0, 0.1) is 0 Å². The molecule has 0 bridgehead atoms. The molecule has 0 aliphatic rings. The Bertz CT molecular complexity index is 279. The van der Waals surface area contributed by atoms with Crippen LogP contribution < -0.4 is 0 Å². The lowest BCUT2D eigenvalue weighted by atomic mass is 10.4. The number of hydrogen-bond acceptors (Lipinski definition) is 2. The van der Waals surface area contributed by atoms with Gasteiger partial charge in [-0.15, -0.1) is 0 Å². The molecule has 0 radical (unpaired) electrons. The number of nitrogens with one attached hydrogen (secondary N) is 1. The zero-order chi connectivity index (χ0) is 8.27. The molecule has 1 aromatic rings. The summed E-state index contributed by atoms with van der Waals surface area (Å²) in [5.41, 5.74) is 0.0624. The van der Waals surface area contributed by atoms with Gasteiger partial charge >= 0.3 is 5.97 Å². The average Bonchev–Trinajstić information content (AvgIpc) is 2.35. The fourth-order valence-electron chi connectivity index (χ4n) is 0.573. The molecule has 0 aliphatic heterocycles. The molecule has 1 aromatic heterocycles. The molecule has 0 aliphatic carbocycles. The second kappa shape index (κ2) is 2.96. The summed E-state index contributed by atoms with van der Waals surface area (Å²) in [6.07, 6.45) is 2.94. The number of hydrogen-bond donors (Lipinski definition) is 2. The van der Waals surface area contributed by atoms with Gasteiger partial charge in [0.2, 0.25) is 0 Å². The lowest BCUT2D eigenvalue weighted by Crippen LogP contribution is -1.88. The van der Waals surface area contributed by atoms with Crippen LogP contribution in [0.4, 0.5) is 4.39 Å². The molecular formula is C6H5FN2O2. The number of carboxylic acids is 1. The third kappa shape index (κ3) is 1.89. The first kappa shape index (κ1) is 7.46. The molecule has 0 aromatic carbocycles. The van der Waals surface area contributed by atoms with E-state index in [0.717, 1.165) is 0 Å². The third-order valence-corrected chi connectivity index (χ3v) is 1.01. The normalized spacial score (nSPS) is 11.5. The van der Waals surface area contributed by atoms with Crippen LogP contribution in [0.5, 0.6) is 0 Å². The summed E-state index contributed by atoms with van der Waals surface area (Å²) in [7, 11) is 0. The van der Waals surface area contributed by atoms with Crippen LogP contribution in [-0.2, 0) is 4.79 Å². The maximum atomic E-state index is 12.6. The van der Waals surface area contributed by atoms with Crippen LogP contribution in [0.15, 0.2) is 18.6 Å². The third-order valence-electron chi connectivity index (χ3n) is 1.01. The van der Waals surface area contributed by atoms with Gasteiger partial charge in [0.05, 0.1) is 24.3 Å². The summed E-state index contributed by atoms with van der Waals surface area (Å²) in [6.45, 7) is 0. The molecular weight excluding hydrogens is 151 g/mol. The van der Waals surface area contributed by atoms with Crippen LogP contribution in [0.25, 0.3) is 5.83 Å². The van der Waals surface area contributed by atoms with E-state index >= 15 is 0 Å². The van der Waals surface area contributed by atoms with E-state index in [1.807, 2.05) is 0 Å². The number of nitrogens with zero attached hydrogens (tertiary/aromatic N) is 1. The van der Waals surface area contributed by atoms with Crippen molar-refractivity contribution < 1.29 is 14.3 Å². The van der Waals surface area contributed by atoms with Gasteiger partial charge in [0, 0.05) is 0 Å². The molecule has 4 nitrogen and oxygen atoms in total. The summed E-state index contributed by atoms with van der Waals surface area (Å²) in [5, 5.41) is 8.13. The molecule has 0 unspecified atom stereocenters. The SMILES string of the molecule is O=C(O)C=C(F)c1cnc[nH]1. The van der Waals surface area contributed by atoms with Gasteiger partial charge in [0.1, 0.15) is 0 Å². The number of imidazole rings is 1. The standard InChI is InChI=1S/C6H5FN2O2/c7-4(1-6(10)11)5-2-8-3-9-5/h1-3H,(H,8,9)(H,10,11). The molecule has 1 rings (SSSR count). The molecule has 58 valence electrons. The highest BCUT2D eigenvalue weighted by Crippen LogP contribution is 2.10. The fourth-order valence-corrected chi connectivity index (χ4v) is 0.573. The predicted molar refractivity (Wildman–Crippen MR) is 35.3 cm³/mol. The highest BCUT2D eigenvalue weighted by molar-refractivity contribution is 5.87. The van der Waals surface area contributed by atoms with Gasteiger partial charge in [-0.3, -0.25) is 0 Å². The first-order valence-corrected chi connectivity index (χ1v) is 2.79. The van der Waals surface area contributed by atoms with E-state index in [4.69, 9.17) is 5.11 Å². The van der Waals surface area contributed by atoms with E-state index in [-0.39, 0.29) is 5.69 Å². The Kier molecular flexibility index (Phi) is 2.00. The Balaban J connectivity index is 2.86. The number of H-pyrrole nitrogens is 1. The first-order valence-electron chi connectivity index (χ1n) is 2.79. The van der Waals surface area contributed by atoms with Crippen LogP contribution in [-0.4, -0.2) is 21.0 Å². The largest absolute Gasteiger partial charge is 0.478 e. The quantitative estimate of drug-likeness (QED) is 0.622. The van der Waals surface area contributed by atoms with Crippen LogP contribution >= 0.6 is 0 Å². The van der Waals surface area contributed by atoms with E-state index in [0.29, 0.717) is 6.08 Å². The van der Waals surface area contributed by atoms with E-state index in [1.165, 1.54) is 12.5 Å². The zero-order valence-electron chi connectivity index (χ0n) is 5.41. The number of aliphatic carboxylic acids is 1. The lowest BCUT2D eigenvalue weighted by molar-refractivity contribution is -0.131. The van der Waals surface area contributed by atoms with Crippen molar-refractivity contribution in [2.45, 2.75) is 0 Å². The van der Waals surface area contributed by atoms with Gasteiger partial charge in [0.25, 0.3) is 0 Å². The minimum atomic E-state index is -1.32. The van der Waals surface area contributed by atoms with Crippen molar-refractivity contribution in [2.75, 3.05) is 0 Å². The van der Waals surface area contributed by atoms with Crippen LogP contribution in [0.1, 0.15) is 5.69 Å². The minimum Gasteiger partial charge on any atom is -0.478 e. The average molecular weight is 156 g/mol.